The van der Waals surface area contributed by atoms with E-state index in [1.165, 1.54) is 0 Å². The SMILES string of the molecule is O=Cc1cc2nc(-c3ccccc3)cn2cn1. The zero-order chi connectivity index (χ0) is 11.7. The number of carbonyl (C=O) groups is 1. The van der Waals surface area contributed by atoms with Gasteiger partial charge in [0.15, 0.2) is 6.29 Å². The van der Waals surface area contributed by atoms with Crippen molar-refractivity contribution in [2.75, 3.05) is 0 Å². The number of hydrogen-bond donors (Lipinski definition) is 0. The molecule has 0 radical (unpaired) electrons. The predicted octanol–water partition coefficient (Wildman–Crippen LogP) is 2.21. The molecule has 0 aliphatic heterocycles. The highest BCUT2D eigenvalue weighted by Crippen LogP contribution is 2.18. The van der Waals surface area contributed by atoms with E-state index in [0.29, 0.717) is 5.69 Å². The molecule has 4 heteroatoms. The van der Waals surface area contributed by atoms with Crippen molar-refractivity contribution in [3.63, 3.8) is 0 Å². The number of benzene rings is 1. The van der Waals surface area contributed by atoms with Crippen LogP contribution in [0.2, 0.25) is 0 Å². The number of fused-ring (bicyclic) bond motifs is 1. The van der Waals surface area contributed by atoms with Crippen molar-refractivity contribution in [2.24, 2.45) is 0 Å². The Labute approximate surface area is 97.6 Å². The third kappa shape index (κ3) is 1.69. The lowest BCUT2D eigenvalue weighted by atomic mass is 10.2. The molecule has 1 aromatic carbocycles. The van der Waals surface area contributed by atoms with Gasteiger partial charge < -0.3 is 0 Å². The van der Waals surface area contributed by atoms with Gasteiger partial charge in [-0.1, -0.05) is 30.3 Å². The summed E-state index contributed by atoms with van der Waals surface area (Å²) in [5, 5.41) is 0. The maximum atomic E-state index is 10.6. The van der Waals surface area contributed by atoms with Crippen LogP contribution in [0.5, 0.6) is 0 Å². The first-order chi connectivity index (χ1) is 8.36. The summed E-state index contributed by atoms with van der Waals surface area (Å²) in [6.45, 7) is 0. The van der Waals surface area contributed by atoms with Crippen LogP contribution < -0.4 is 0 Å². The Morgan fingerprint density at radius 1 is 1.18 bits per heavy atom. The lowest BCUT2D eigenvalue weighted by Gasteiger charge is -1.92. The maximum Gasteiger partial charge on any atom is 0.168 e. The molecule has 0 bridgehead atoms. The van der Waals surface area contributed by atoms with E-state index in [1.807, 2.05) is 36.5 Å². The Balaban J connectivity index is 2.17. The number of carbonyl (C=O) groups excluding carboxylic acids is 1. The van der Waals surface area contributed by atoms with Crippen LogP contribution in [0.4, 0.5) is 0 Å². The molecule has 0 aliphatic carbocycles. The first-order valence-electron chi connectivity index (χ1n) is 5.22. The van der Waals surface area contributed by atoms with Crippen LogP contribution in [-0.2, 0) is 0 Å². The lowest BCUT2D eigenvalue weighted by Crippen LogP contribution is -1.90. The molecule has 2 aromatic heterocycles. The van der Waals surface area contributed by atoms with Gasteiger partial charge in [-0.3, -0.25) is 9.20 Å². The number of nitrogens with zero attached hydrogens (tertiary/aromatic N) is 3. The molecular weight excluding hydrogens is 214 g/mol. The standard InChI is InChI=1S/C13H9N3O/c17-8-11-6-13-15-12(7-16(13)9-14-11)10-4-2-1-3-5-10/h1-9H. The summed E-state index contributed by atoms with van der Waals surface area (Å²) in [6.07, 6.45) is 4.21. The largest absolute Gasteiger partial charge is 0.296 e. The summed E-state index contributed by atoms with van der Waals surface area (Å²) < 4.78 is 1.80. The zero-order valence-corrected chi connectivity index (χ0v) is 8.95. The van der Waals surface area contributed by atoms with Crippen molar-refractivity contribution in [1.29, 1.82) is 0 Å². The molecule has 3 aromatic rings. The molecule has 2 heterocycles. The van der Waals surface area contributed by atoms with E-state index in [0.717, 1.165) is 23.2 Å². The van der Waals surface area contributed by atoms with Gasteiger partial charge in [-0.25, -0.2) is 9.97 Å². The topological polar surface area (TPSA) is 47.3 Å². The smallest absolute Gasteiger partial charge is 0.168 e. The van der Waals surface area contributed by atoms with Gasteiger partial charge in [0, 0.05) is 17.8 Å². The van der Waals surface area contributed by atoms with Gasteiger partial charge in [0.05, 0.1) is 5.69 Å². The van der Waals surface area contributed by atoms with E-state index in [-0.39, 0.29) is 0 Å². The molecule has 0 N–H and O–H groups in total. The van der Waals surface area contributed by atoms with E-state index >= 15 is 0 Å². The predicted molar refractivity (Wildman–Crippen MR) is 63.8 cm³/mol. The molecule has 0 saturated heterocycles. The van der Waals surface area contributed by atoms with Crippen LogP contribution in [0.25, 0.3) is 16.9 Å². The van der Waals surface area contributed by atoms with Crippen molar-refractivity contribution in [1.82, 2.24) is 14.4 Å². The van der Waals surface area contributed by atoms with Crippen LogP contribution in [0, 0.1) is 0 Å². The minimum absolute atomic E-state index is 0.391. The maximum absolute atomic E-state index is 10.6. The fourth-order valence-electron chi connectivity index (χ4n) is 1.72. The highest BCUT2D eigenvalue weighted by Gasteiger charge is 2.04. The molecule has 0 unspecified atom stereocenters. The Bertz CT molecular complexity index is 673. The van der Waals surface area contributed by atoms with Gasteiger partial charge in [0.1, 0.15) is 17.7 Å². The molecule has 0 spiro atoms. The molecular formula is C13H9N3O. The Morgan fingerprint density at radius 3 is 2.76 bits per heavy atom. The highest BCUT2D eigenvalue weighted by atomic mass is 16.1. The van der Waals surface area contributed by atoms with E-state index in [4.69, 9.17) is 0 Å². The van der Waals surface area contributed by atoms with Crippen LogP contribution in [0.15, 0.2) is 48.9 Å². The van der Waals surface area contributed by atoms with Crippen molar-refractivity contribution in [2.45, 2.75) is 0 Å². The third-order valence-corrected chi connectivity index (χ3v) is 2.56. The first kappa shape index (κ1) is 9.72. The summed E-state index contributed by atoms with van der Waals surface area (Å²) in [5.74, 6) is 0. The van der Waals surface area contributed by atoms with Crippen molar-refractivity contribution in [3.05, 3.63) is 54.6 Å². The molecule has 0 fully saturated rings. The van der Waals surface area contributed by atoms with Gasteiger partial charge in [-0.15, -0.1) is 0 Å². The van der Waals surface area contributed by atoms with Crippen molar-refractivity contribution >= 4 is 11.9 Å². The van der Waals surface area contributed by atoms with Crippen LogP contribution >= 0.6 is 0 Å². The second kappa shape index (κ2) is 3.83. The molecule has 82 valence electrons. The van der Waals surface area contributed by atoms with Crippen molar-refractivity contribution in [3.8, 4) is 11.3 Å². The number of rotatable bonds is 2. The molecule has 3 rings (SSSR count). The lowest BCUT2D eigenvalue weighted by molar-refractivity contribution is 0.111. The Morgan fingerprint density at radius 2 is 2.00 bits per heavy atom. The number of aromatic nitrogens is 3. The summed E-state index contributed by atoms with van der Waals surface area (Å²) in [6, 6.07) is 11.6. The van der Waals surface area contributed by atoms with Crippen molar-refractivity contribution < 1.29 is 4.79 Å². The zero-order valence-electron chi connectivity index (χ0n) is 8.95. The summed E-state index contributed by atoms with van der Waals surface area (Å²) >= 11 is 0. The van der Waals surface area contributed by atoms with Crippen LogP contribution in [0.1, 0.15) is 10.5 Å². The van der Waals surface area contributed by atoms with Gasteiger partial charge in [0.25, 0.3) is 0 Å². The van der Waals surface area contributed by atoms with E-state index in [2.05, 4.69) is 9.97 Å². The second-order valence-electron chi connectivity index (χ2n) is 3.69. The van der Waals surface area contributed by atoms with Crippen LogP contribution in [-0.4, -0.2) is 20.7 Å². The minimum Gasteiger partial charge on any atom is -0.296 e. The molecule has 4 nitrogen and oxygen atoms in total. The fraction of sp³-hybridized carbons (Fsp3) is 0. The first-order valence-corrected chi connectivity index (χ1v) is 5.22. The van der Waals surface area contributed by atoms with E-state index in [1.54, 1.807) is 16.8 Å². The number of imidazole rings is 1. The normalized spacial score (nSPS) is 10.6. The molecule has 0 saturated carbocycles. The van der Waals surface area contributed by atoms with Crippen LogP contribution in [0.3, 0.4) is 0 Å². The quantitative estimate of drug-likeness (QED) is 0.626. The monoisotopic (exact) mass is 223 g/mol. The average Bonchev–Trinajstić information content (AvgIpc) is 2.82. The molecule has 17 heavy (non-hydrogen) atoms. The fourth-order valence-corrected chi connectivity index (χ4v) is 1.72. The summed E-state index contributed by atoms with van der Waals surface area (Å²) in [7, 11) is 0. The van der Waals surface area contributed by atoms with Gasteiger partial charge >= 0.3 is 0 Å². The number of hydrogen-bond acceptors (Lipinski definition) is 3. The van der Waals surface area contributed by atoms with Gasteiger partial charge in [-0.05, 0) is 0 Å². The van der Waals surface area contributed by atoms with E-state index in [9.17, 15) is 4.79 Å². The second-order valence-corrected chi connectivity index (χ2v) is 3.69. The molecule has 0 atom stereocenters. The third-order valence-electron chi connectivity index (χ3n) is 2.56. The number of aldehydes is 1. The minimum atomic E-state index is 0.391. The molecule has 0 amide bonds. The Kier molecular flexibility index (Phi) is 2.19. The molecule has 0 aliphatic rings. The van der Waals surface area contributed by atoms with Gasteiger partial charge in [0.2, 0.25) is 0 Å². The highest BCUT2D eigenvalue weighted by molar-refractivity contribution is 5.74. The summed E-state index contributed by atoms with van der Waals surface area (Å²) in [5.41, 5.74) is 3.03. The van der Waals surface area contributed by atoms with E-state index < -0.39 is 0 Å². The average molecular weight is 223 g/mol. The Hall–Kier alpha value is -2.49. The summed E-state index contributed by atoms with van der Waals surface area (Å²) in [4.78, 5) is 19.1. The van der Waals surface area contributed by atoms with Gasteiger partial charge in [-0.2, -0.15) is 0 Å².